The highest BCUT2D eigenvalue weighted by Gasteiger charge is 2.20. The molecule has 2 aromatic heterocycles. The van der Waals surface area contributed by atoms with E-state index in [1.165, 1.54) is 31.5 Å². The second-order valence-electron chi connectivity index (χ2n) is 6.72. The SMILES string of the molecule is CC(C#N)Oc1ccc(-c2cnc3c(Nc4ccc(C=O)c(Cl)c4)nccn23)c(F)c1F. The number of carbonyl (C=O) groups is 1. The Morgan fingerprint density at radius 1 is 1.25 bits per heavy atom. The van der Waals surface area contributed by atoms with Crippen molar-refractivity contribution in [2.75, 3.05) is 5.32 Å². The van der Waals surface area contributed by atoms with Crippen molar-refractivity contribution in [3.8, 4) is 23.1 Å². The van der Waals surface area contributed by atoms with Crippen LogP contribution in [0.5, 0.6) is 5.75 Å². The largest absolute Gasteiger partial charge is 0.473 e. The lowest BCUT2D eigenvalue weighted by Crippen LogP contribution is -2.10. The van der Waals surface area contributed by atoms with E-state index >= 15 is 0 Å². The fraction of sp³-hybridized carbons (Fsp3) is 0.0909. The number of hydrogen-bond donors (Lipinski definition) is 1. The van der Waals surface area contributed by atoms with E-state index in [2.05, 4.69) is 15.3 Å². The van der Waals surface area contributed by atoms with Crippen LogP contribution < -0.4 is 10.1 Å². The van der Waals surface area contributed by atoms with E-state index in [0.29, 0.717) is 29.0 Å². The summed E-state index contributed by atoms with van der Waals surface area (Å²) in [4.78, 5) is 19.5. The Morgan fingerprint density at radius 3 is 2.78 bits per heavy atom. The minimum absolute atomic E-state index is 0.0394. The van der Waals surface area contributed by atoms with Crippen molar-refractivity contribution in [1.29, 1.82) is 5.26 Å². The summed E-state index contributed by atoms with van der Waals surface area (Å²) in [6.45, 7) is 1.43. The number of ether oxygens (including phenoxy) is 1. The van der Waals surface area contributed by atoms with Crippen LogP contribution in [0.15, 0.2) is 48.9 Å². The molecule has 0 amide bonds. The molecule has 0 spiro atoms. The van der Waals surface area contributed by atoms with E-state index in [0.717, 1.165) is 0 Å². The standard InChI is InChI=1S/C22H14ClF2N5O2/c1-12(9-26)32-18-5-4-15(19(24)20(18)25)17-10-28-22-21(27-6-7-30(17)22)29-14-3-2-13(11-31)16(23)8-14/h2-8,10-12H,1H3,(H,27,29). The number of carbonyl (C=O) groups excluding carboxylic acids is 1. The van der Waals surface area contributed by atoms with Gasteiger partial charge in [0.05, 0.1) is 16.9 Å². The molecule has 1 atom stereocenters. The van der Waals surface area contributed by atoms with Crippen LogP contribution in [0.4, 0.5) is 20.3 Å². The average molecular weight is 454 g/mol. The number of rotatable bonds is 6. The van der Waals surface area contributed by atoms with E-state index in [9.17, 15) is 13.6 Å². The van der Waals surface area contributed by atoms with Crippen molar-refractivity contribution in [1.82, 2.24) is 14.4 Å². The first kappa shape index (κ1) is 21.2. The number of aromatic nitrogens is 3. The van der Waals surface area contributed by atoms with Gasteiger partial charge in [-0.3, -0.25) is 9.20 Å². The zero-order valence-corrected chi connectivity index (χ0v) is 17.3. The Bertz CT molecular complexity index is 1380. The molecule has 0 saturated carbocycles. The summed E-state index contributed by atoms with van der Waals surface area (Å²) >= 11 is 6.07. The number of nitrogens with one attached hydrogen (secondary N) is 1. The van der Waals surface area contributed by atoms with Crippen LogP contribution >= 0.6 is 11.6 Å². The van der Waals surface area contributed by atoms with Gasteiger partial charge in [0, 0.05) is 29.2 Å². The Hall–Kier alpha value is -4.03. The average Bonchev–Trinajstić information content (AvgIpc) is 3.22. The van der Waals surface area contributed by atoms with Crippen LogP contribution in [0.25, 0.3) is 16.9 Å². The maximum atomic E-state index is 14.8. The highest BCUT2D eigenvalue weighted by atomic mass is 35.5. The van der Waals surface area contributed by atoms with Gasteiger partial charge in [-0.1, -0.05) is 11.6 Å². The molecular weight excluding hydrogens is 440 g/mol. The Morgan fingerprint density at radius 2 is 2.06 bits per heavy atom. The maximum Gasteiger partial charge on any atom is 0.201 e. The third-order valence-corrected chi connectivity index (χ3v) is 4.95. The van der Waals surface area contributed by atoms with Crippen molar-refractivity contribution >= 4 is 35.0 Å². The van der Waals surface area contributed by atoms with Gasteiger partial charge in [-0.05, 0) is 37.3 Å². The summed E-state index contributed by atoms with van der Waals surface area (Å²) in [6, 6.07) is 9.19. The maximum absolute atomic E-state index is 14.8. The lowest BCUT2D eigenvalue weighted by atomic mass is 10.1. The van der Waals surface area contributed by atoms with Gasteiger partial charge in [-0.15, -0.1) is 0 Å². The first-order chi connectivity index (χ1) is 15.4. The Kier molecular flexibility index (Phi) is 5.71. The number of imidazole rings is 1. The second-order valence-corrected chi connectivity index (χ2v) is 7.13. The molecule has 0 aliphatic heterocycles. The molecule has 0 aliphatic rings. The molecular formula is C22H14ClF2N5O2. The number of benzene rings is 2. The molecule has 0 radical (unpaired) electrons. The van der Waals surface area contributed by atoms with Gasteiger partial charge < -0.3 is 10.1 Å². The molecule has 2 aromatic carbocycles. The fourth-order valence-electron chi connectivity index (χ4n) is 3.08. The number of fused-ring (bicyclic) bond motifs is 1. The molecule has 0 aliphatic carbocycles. The quantitative estimate of drug-likeness (QED) is 0.405. The first-order valence-corrected chi connectivity index (χ1v) is 9.69. The molecule has 160 valence electrons. The lowest BCUT2D eigenvalue weighted by molar-refractivity contribution is 0.112. The highest BCUT2D eigenvalue weighted by Crippen LogP contribution is 2.32. The van der Waals surface area contributed by atoms with Gasteiger partial charge in [0.25, 0.3) is 0 Å². The molecule has 0 saturated heterocycles. The van der Waals surface area contributed by atoms with E-state index in [4.69, 9.17) is 21.6 Å². The zero-order valence-electron chi connectivity index (χ0n) is 16.5. The van der Waals surface area contributed by atoms with Gasteiger partial charge in [0.1, 0.15) is 6.07 Å². The zero-order chi connectivity index (χ0) is 22.8. The highest BCUT2D eigenvalue weighted by molar-refractivity contribution is 6.33. The minimum atomic E-state index is -1.20. The van der Waals surface area contributed by atoms with E-state index in [-0.39, 0.29) is 22.0 Å². The number of aldehydes is 1. The van der Waals surface area contributed by atoms with Gasteiger partial charge in [-0.25, -0.2) is 14.4 Å². The second kappa shape index (κ2) is 8.61. The summed E-state index contributed by atoms with van der Waals surface area (Å²) in [7, 11) is 0. The minimum Gasteiger partial charge on any atom is -0.473 e. The van der Waals surface area contributed by atoms with Crippen molar-refractivity contribution < 1.29 is 18.3 Å². The van der Waals surface area contributed by atoms with Crippen LogP contribution in [-0.4, -0.2) is 26.8 Å². The molecule has 4 rings (SSSR count). The summed E-state index contributed by atoms with van der Waals surface area (Å²) in [5.74, 6) is -2.33. The molecule has 4 aromatic rings. The molecule has 32 heavy (non-hydrogen) atoms. The third-order valence-electron chi connectivity index (χ3n) is 4.63. The summed E-state index contributed by atoms with van der Waals surface area (Å²) in [5.41, 5.74) is 1.52. The van der Waals surface area contributed by atoms with E-state index in [1.807, 2.05) is 0 Å². The van der Waals surface area contributed by atoms with Crippen LogP contribution in [0.3, 0.4) is 0 Å². The normalized spacial score (nSPS) is 11.7. The molecule has 7 nitrogen and oxygen atoms in total. The summed E-state index contributed by atoms with van der Waals surface area (Å²) < 4.78 is 36.0. The number of nitrogens with zero attached hydrogens (tertiary/aromatic N) is 4. The Balaban J connectivity index is 1.72. The predicted molar refractivity (Wildman–Crippen MR) is 114 cm³/mol. The number of nitriles is 1. The molecule has 1 unspecified atom stereocenters. The fourth-order valence-corrected chi connectivity index (χ4v) is 3.31. The molecule has 2 heterocycles. The smallest absolute Gasteiger partial charge is 0.201 e. The molecule has 1 N–H and O–H groups in total. The van der Waals surface area contributed by atoms with E-state index < -0.39 is 17.7 Å². The predicted octanol–water partition coefficient (Wildman–Crippen LogP) is 5.17. The summed E-state index contributed by atoms with van der Waals surface area (Å²) in [6.07, 6.45) is 4.14. The first-order valence-electron chi connectivity index (χ1n) is 9.31. The van der Waals surface area contributed by atoms with Crippen LogP contribution in [0.1, 0.15) is 17.3 Å². The van der Waals surface area contributed by atoms with Gasteiger partial charge in [-0.2, -0.15) is 9.65 Å². The topological polar surface area (TPSA) is 92.3 Å². The summed E-state index contributed by atoms with van der Waals surface area (Å²) in [5, 5.41) is 12.1. The van der Waals surface area contributed by atoms with Gasteiger partial charge in [0.2, 0.25) is 5.82 Å². The van der Waals surface area contributed by atoms with Crippen LogP contribution in [-0.2, 0) is 0 Å². The number of halogens is 3. The molecule has 10 heteroatoms. The van der Waals surface area contributed by atoms with Crippen molar-refractivity contribution in [2.24, 2.45) is 0 Å². The third kappa shape index (κ3) is 3.84. The Labute approximate surface area is 185 Å². The van der Waals surface area contributed by atoms with Gasteiger partial charge in [0.15, 0.2) is 35.4 Å². The molecule has 0 bridgehead atoms. The van der Waals surface area contributed by atoms with Crippen molar-refractivity contribution in [3.63, 3.8) is 0 Å². The number of hydrogen-bond acceptors (Lipinski definition) is 6. The lowest BCUT2D eigenvalue weighted by Gasteiger charge is -2.12. The number of anilines is 2. The van der Waals surface area contributed by atoms with Crippen molar-refractivity contribution in [3.05, 3.63) is 71.1 Å². The van der Waals surface area contributed by atoms with Gasteiger partial charge >= 0.3 is 0 Å². The monoisotopic (exact) mass is 453 g/mol. The van der Waals surface area contributed by atoms with Crippen LogP contribution in [0, 0.1) is 23.0 Å². The van der Waals surface area contributed by atoms with Crippen molar-refractivity contribution in [2.45, 2.75) is 13.0 Å². The molecule has 0 fully saturated rings. The van der Waals surface area contributed by atoms with E-state index in [1.54, 1.807) is 34.9 Å². The van der Waals surface area contributed by atoms with Crippen LogP contribution in [0.2, 0.25) is 5.02 Å².